The highest BCUT2D eigenvalue weighted by Crippen LogP contribution is 2.64. The number of benzene rings is 2. The first kappa shape index (κ1) is 29.7. The number of hydrogen-bond donors (Lipinski definition) is 2. The summed E-state index contributed by atoms with van der Waals surface area (Å²) in [5.74, 6) is -9.27. The topological polar surface area (TPSA) is 143 Å². The highest BCUT2D eigenvalue weighted by molar-refractivity contribution is 6.32. The molecule has 2 saturated carbocycles. The zero-order valence-electron chi connectivity index (χ0n) is 24.7. The van der Waals surface area contributed by atoms with Gasteiger partial charge in [0.05, 0.1) is 11.5 Å². The van der Waals surface area contributed by atoms with Crippen LogP contribution in [-0.2, 0) is 32.0 Å². The largest absolute Gasteiger partial charge is 0.507 e. The van der Waals surface area contributed by atoms with Crippen molar-refractivity contribution in [3.63, 3.8) is 0 Å². The number of Topliss-reactive ketones (excluding diaryl/α,β-unsaturated/α-hetero) is 5. The lowest BCUT2D eigenvalue weighted by Crippen LogP contribution is -2.76. The van der Waals surface area contributed by atoms with E-state index in [1.807, 2.05) is 19.1 Å². The zero-order valence-corrected chi connectivity index (χ0v) is 24.7. The van der Waals surface area contributed by atoms with E-state index in [9.17, 15) is 39.0 Å². The number of aryl methyl sites for hydroxylation is 1. The predicted octanol–water partition coefficient (Wildman–Crippen LogP) is 4.13. The number of rotatable bonds is 5. The number of hydrogen-bond acceptors (Lipinski definition) is 8. The number of fused-ring (bicyclic) bond motifs is 3. The normalized spacial score (nSPS) is 32.3. The molecule has 8 nitrogen and oxygen atoms in total. The molecule has 3 unspecified atom stereocenters. The van der Waals surface area contributed by atoms with Crippen molar-refractivity contribution in [3.05, 3.63) is 52.6 Å². The van der Waals surface area contributed by atoms with Crippen molar-refractivity contribution in [2.75, 3.05) is 0 Å². The Balaban J connectivity index is 1.74. The highest BCUT2D eigenvalue weighted by atomic mass is 16.3. The van der Waals surface area contributed by atoms with Gasteiger partial charge in [0.25, 0.3) is 0 Å². The molecule has 220 valence electrons. The van der Waals surface area contributed by atoms with Crippen molar-refractivity contribution in [1.29, 1.82) is 0 Å². The van der Waals surface area contributed by atoms with Crippen LogP contribution in [0, 0.1) is 34.5 Å². The summed E-state index contributed by atoms with van der Waals surface area (Å²) in [6, 6.07) is 8.46. The van der Waals surface area contributed by atoms with Crippen LogP contribution in [0.15, 0.2) is 30.3 Å². The van der Waals surface area contributed by atoms with Crippen LogP contribution in [0.3, 0.4) is 0 Å². The van der Waals surface area contributed by atoms with Crippen LogP contribution in [0.25, 0.3) is 11.1 Å². The molecule has 0 radical (unpaired) electrons. The van der Waals surface area contributed by atoms with Gasteiger partial charge in [-0.05, 0) is 71.9 Å². The van der Waals surface area contributed by atoms with Crippen LogP contribution in [0.1, 0.15) is 79.8 Å². The van der Waals surface area contributed by atoms with Crippen LogP contribution < -0.4 is 0 Å². The molecule has 0 spiro atoms. The van der Waals surface area contributed by atoms with Gasteiger partial charge in [-0.1, -0.05) is 52.8 Å². The number of carbonyl (C=O) groups excluding carboxylic acids is 6. The summed E-state index contributed by atoms with van der Waals surface area (Å²) in [6.45, 7) is 9.83. The molecule has 0 aromatic heterocycles. The number of carbonyl (C=O) groups is 6. The van der Waals surface area contributed by atoms with E-state index in [-0.39, 0.29) is 24.2 Å². The maximum absolute atomic E-state index is 14.4. The Bertz CT molecular complexity index is 1600. The van der Waals surface area contributed by atoms with E-state index >= 15 is 0 Å². The molecule has 2 fully saturated rings. The van der Waals surface area contributed by atoms with Gasteiger partial charge in [-0.15, -0.1) is 0 Å². The fourth-order valence-electron chi connectivity index (χ4n) is 8.60. The number of aliphatic hydroxyl groups is 1. The van der Waals surface area contributed by atoms with Crippen LogP contribution in [0.5, 0.6) is 5.75 Å². The lowest BCUT2D eigenvalue weighted by Gasteiger charge is -2.61. The van der Waals surface area contributed by atoms with E-state index < -0.39 is 69.0 Å². The van der Waals surface area contributed by atoms with Gasteiger partial charge in [0.2, 0.25) is 0 Å². The third-order valence-electron chi connectivity index (χ3n) is 10.2. The third kappa shape index (κ3) is 3.70. The van der Waals surface area contributed by atoms with Crippen LogP contribution >= 0.6 is 0 Å². The number of phenols is 1. The van der Waals surface area contributed by atoms with E-state index in [1.54, 1.807) is 39.8 Å². The molecular formula is C34H36O8. The fraction of sp³-hybridized carbons (Fsp3) is 0.471. The Morgan fingerprint density at radius 3 is 2.31 bits per heavy atom. The monoisotopic (exact) mass is 572 g/mol. The predicted molar refractivity (Wildman–Crippen MR) is 153 cm³/mol. The van der Waals surface area contributed by atoms with Gasteiger partial charge in [-0.2, -0.15) is 0 Å². The molecule has 2 aromatic rings. The number of ketones is 5. The minimum absolute atomic E-state index is 0.0213. The molecule has 6 atom stereocenters. The SMILES string of the molecule is CCc1ccc(-c2ccc(O)c3c2C[C@]2(C)C[C@]4(C)C(C(C)C)C(=O)C(C(C)=O)C(=O)[C@]4(O)C(=O)C2C3=O)cc1C=O. The standard InChI is InChI=1S/C34H36O8/c1-7-18-8-9-19(12-20(18)14-35)21-10-11-23(37)25-22(21)13-32(5)15-33(6)26(16(2)3)28(38)24(17(4)36)30(40)34(33,42)31(41)27(32)29(25)39/h8-12,14,16,24,26-27,37,42H,7,13,15H2,1-6H3/t24?,26?,27?,32-,33-,34+/m1/s1. The number of aldehydes is 1. The van der Waals surface area contributed by atoms with Crippen LogP contribution in [0.2, 0.25) is 0 Å². The Morgan fingerprint density at radius 2 is 1.74 bits per heavy atom. The molecule has 3 aliphatic carbocycles. The summed E-state index contributed by atoms with van der Waals surface area (Å²) in [5.41, 5.74) is -2.35. The first-order valence-corrected chi connectivity index (χ1v) is 14.4. The van der Waals surface area contributed by atoms with Crippen molar-refractivity contribution >= 4 is 35.2 Å². The molecule has 8 heteroatoms. The number of phenolic OH excluding ortho intramolecular Hbond substituents is 1. The summed E-state index contributed by atoms with van der Waals surface area (Å²) in [6.07, 6.45) is 1.54. The molecule has 0 saturated heterocycles. The fourth-order valence-corrected chi connectivity index (χ4v) is 8.60. The molecular weight excluding hydrogens is 536 g/mol. The summed E-state index contributed by atoms with van der Waals surface area (Å²) in [7, 11) is 0. The van der Waals surface area contributed by atoms with E-state index in [0.717, 1.165) is 18.8 Å². The molecule has 2 N–H and O–H groups in total. The summed E-state index contributed by atoms with van der Waals surface area (Å²) >= 11 is 0. The molecule has 0 heterocycles. The molecule has 42 heavy (non-hydrogen) atoms. The van der Waals surface area contributed by atoms with Gasteiger partial charge in [0.1, 0.15) is 23.7 Å². The van der Waals surface area contributed by atoms with Crippen LogP contribution in [0.4, 0.5) is 0 Å². The molecule has 0 aliphatic heterocycles. The van der Waals surface area contributed by atoms with E-state index in [4.69, 9.17) is 0 Å². The molecule has 2 aromatic carbocycles. The lowest BCUT2D eigenvalue weighted by atomic mass is 9.40. The van der Waals surface area contributed by atoms with E-state index in [0.29, 0.717) is 28.7 Å². The van der Waals surface area contributed by atoms with Crippen molar-refractivity contribution in [3.8, 4) is 16.9 Å². The molecule has 3 aliphatic rings. The first-order chi connectivity index (χ1) is 19.6. The first-order valence-electron chi connectivity index (χ1n) is 14.4. The van der Waals surface area contributed by atoms with Gasteiger partial charge in [-0.3, -0.25) is 28.8 Å². The Kier molecular flexibility index (Phi) is 6.81. The van der Waals surface area contributed by atoms with Gasteiger partial charge in [0, 0.05) is 16.9 Å². The van der Waals surface area contributed by atoms with Gasteiger partial charge in [0.15, 0.2) is 28.7 Å². The summed E-state index contributed by atoms with van der Waals surface area (Å²) < 4.78 is 0. The average Bonchev–Trinajstić information content (AvgIpc) is 2.90. The second kappa shape index (κ2) is 9.63. The smallest absolute Gasteiger partial charge is 0.190 e. The van der Waals surface area contributed by atoms with Crippen molar-refractivity contribution in [2.45, 2.75) is 66.4 Å². The van der Waals surface area contributed by atoms with Gasteiger partial charge in [-0.25, -0.2) is 0 Å². The van der Waals surface area contributed by atoms with E-state index in [1.165, 1.54) is 6.07 Å². The Labute approximate surface area is 244 Å². The lowest BCUT2D eigenvalue weighted by molar-refractivity contribution is -0.205. The molecule has 0 amide bonds. The van der Waals surface area contributed by atoms with Crippen LogP contribution in [-0.4, -0.2) is 51.0 Å². The van der Waals surface area contributed by atoms with Crippen molar-refractivity contribution in [1.82, 2.24) is 0 Å². The van der Waals surface area contributed by atoms with Crippen molar-refractivity contribution < 1.29 is 39.0 Å². The minimum Gasteiger partial charge on any atom is -0.507 e. The Morgan fingerprint density at radius 1 is 1.07 bits per heavy atom. The maximum atomic E-state index is 14.4. The highest BCUT2D eigenvalue weighted by Gasteiger charge is 2.76. The minimum atomic E-state index is -2.73. The van der Waals surface area contributed by atoms with Crippen molar-refractivity contribution in [2.24, 2.45) is 34.5 Å². The van der Waals surface area contributed by atoms with Gasteiger partial charge >= 0.3 is 0 Å². The average molecular weight is 573 g/mol. The van der Waals surface area contributed by atoms with E-state index in [2.05, 4.69) is 0 Å². The second-order valence-corrected chi connectivity index (χ2v) is 13.2. The summed E-state index contributed by atoms with van der Waals surface area (Å²) in [5, 5.41) is 23.0. The molecule has 5 rings (SSSR count). The van der Waals surface area contributed by atoms with Gasteiger partial charge < -0.3 is 10.2 Å². The Hall–Kier alpha value is -3.78. The quantitative estimate of drug-likeness (QED) is 0.402. The third-order valence-corrected chi connectivity index (χ3v) is 10.2. The second-order valence-electron chi connectivity index (χ2n) is 13.2. The maximum Gasteiger partial charge on any atom is 0.190 e. The zero-order chi connectivity index (χ0) is 31.1. The number of aromatic hydroxyl groups is 1. The molecule has 0 bridgehead atoms. The summed E-state index contributed by atoms with van der Waals surface area (Å²) in [4.78, 5) is 80.4.